The topological polar surface area (TPSA) is 63.7 Å². The van der Waals surface area contributed by atoms with Crippen LogP contribution in [0.4, 0.5) is 0 Å². The first-order valence-electron chi connectivity index (χ1n) is 8.21. The first kappa shape index (κ1) is 17.0. The minimum atomic E-state index is -3.02. The highest BCUT2D eigenvalue weighted by Gasteiger charge is 2.48. The van der Waals surface area contributed by atoms with Crippen LogP contribution in [0, 0.1) is 5.92 Å². The van der Waals surface area contributed by atoms with E-state index in [2.05, 4.69) is 6.58 Å². The molecular formula is C18H23NO4S. The fourth-order valence-electron chi connectivity index (χ4n) is 3.58. The van der Waals surface area contributed by atoms with E-state index in [0.717, 1.165) is 17.7 Å². The summed E-state index contributed by atoms with van der Waals surface area (Å²) in [4.78, 5) is 14.6. The lowest BCUT2D eigenvalue weighted by atomic mass is 10.1. The zero-order valence-corrected chi connectivity index (χ0v) is 14.7. The molecule has 3 rings (SSSR count). The van der Waals surface area contributed by atoms with Gasteiger partial charge in [-0.3, -0.25) is 4.79 Å². The molecule has 1 aromatic carbocycles. The van der Waals surface area contributed by atoms with Crippen LogP contribution in [0.2, 0.25) is 0 Å². The fraction of sp³-hybridized carbons (Fsp3) is 0.500. The third-order valence-corrected chi connectivity index (χ3v) is 6.65. The second-order valence-electron chi connectivity index (χ2n) is 6.53. The summed E-state index contributed by atoms with van der Waals surface area (Å²) in [7, 11) is -1.39. The van der Waals surface area contributed by atoms with Crippen LogP contribution >= 0.6 is 0 Å². The summed E-state index contributed by atoms with van der Waals surface area (Å²) in [5, 5.41) is 0. The van der Waals surface area contributed by atoms with Crippen molar-refractivity contribution in [3.63, 3.8) is 0 Å². The normalized spacial score (nSPS) is 27.5. The number of para-hydroxylation sites is 1. The molecule has 0 bridgehead atoms. The lowest BCUT2D eigenvalue weighted by molar-refractivity contribution is -0.133. The lowest BCUT2D eigenvalue weighted by Gasteiger charge is -2.27. The second kappa shape index (κ2) is 6.59. The van der Waals surface area contributed by atoms with Gasteiger partial charge in [-0.2, -0.15) is 0 Å². The van der Waals surface area contributed by atoms with Gasteiger partial charge in [-0.1, -0.05) is 24.3 Å². The summed E-state index contributed by atoms with van der Waals surface area (Å²) in [6.45, 7) is 4.11. The Morgan fingerprint density at radius 2 is 2.17 bits per heavy atom. The molecule has 130 valence electrons. The van der Waals surface area contributed by atoms with Crippen LogP contribution in [0.5, 0.6) is 5.75 Å². The van der Waals surface area contributed by atoms with Crippen molar-refractivity contribution < 1.29 is 17.9 Å². The molecule has 0 unspecified atom stereocenters. The standard InChI is InChI=1S/C18H23NO4S/c1-3-9-19(13-8-10-24(21,22)12-13)18(20)16-11-15(16)14-6-4-5-7-17(14)23-2/h3-7,13,15-16H,1,8-12H2,2H3/t13-,15+,16-/m1/s1. The van der Waals surface area contributed by atoms with Gasteiger partial charge in [0.1, 0.15) is 5.75 Å². The van der Waals surface area contributed by atoms with Gasteiger partial charge in [0.15, 0.2) is 9.84 Å². The van der Waals surface area contributed by atoms with Crippen molar-refractivity contribution in [2.75, 3.05) is 25.2 Å². The van der Waals surface area contributed by atoms with Crippen molar-refractivity contribution in [1.82, 2.24) is 4.90 Å². The van der Waals surface area contributed by atoms with E-state index in [1.165, 1.54) is 0 Å². The van der Waals surface area contributed by atoms with Gasteiger partial charge in [-0.05, 0) is 30.4 Å². The Bertz CT molecular complexity index is 743. The fourth-order valence-corrected chi connectivity index (χ4v) is 5.31. The Labute approximate surface area is 143 Å². The molecule has 0 spiro atoms. The van der Waals surface area contributed by atoms with Gasteiger partial charge in [0.2, 0.25) is 5.91 Å². The molecule has 3 atom stereocenters. The Kier molecular flexibility index (Phi) is 4.67. The molecule has 6 heteroatoms. The molecule has 1 aliphatic carbocycles. The molecule has 1 saturated carbocycles. The number of nitrogens with zero attached hydrogens (tertiary/aromatic N) is 1. The van der Waals surface area contributed by atoms with Gasteiger partial charge in [0, 0.05) is 18.5 Å². The largest absolute Gasteiger partial charge is 0.496 e. The minimum Gasteiger partial charge on any atom is -0.496 e. The van der Waals surface area contributed by atoms with Gasteiger partial charge in [-0.25, -0.2) is 8.42 Å². The summed E-state index contributed by atoms with van der Waals surface area (Å²) >= 11 is 0. The number of rotatable bonds is 6. The molecule has 2 fully saturated rings. The molecule has 1 saturated heterocycles. The van der Waals surface area contributed by atoms with E-state index in [1.54, 1.807) is 18.1 Å². The number of benzene rings is 1. The van der Waals surface area contributed by atoms with Crippen LogP contribution < -0.4 is 4.74 Å². The molecule has 1 aromatic rings. The van der Waals surface area contributed by atoms with Crippen molar-refractivity contribution in [3.05, 3.63) is 42.5 Å². The number of ether oxygens (including phenoxy) is 1. The van der Waals surface area contributed by atoms with Gasteiger partial charge >= 0.3 is 0 Å². The summed E-state index contributed by atoms with van der Waals surface area (Å²) in [6.07, 6.45) is 2.98. The van der Waals surface area contributed by atoms with Gasteiger partial charge < -0.3 is 9.64 Å². The maximum atomic E-state index is 12.9. The Morgan fingerprint density at radius 1 is 1.42 bits per heavy atom. The maximum Gasteiger partial charge on any atom is 0.226 e. The number of methoxy groups -OCH3 is 1. The molecule has 1 amide bonds. The maximum absolute atomic E-state index is 12.9. The lowest BCUT2D eigenvalue weighted by Crippen LogP contribution is -2.42. The van der Waals surface area contributed by atoms with Crippen LogP contribution in [-0.2, 0) is 14.6 Å². The first-order chi connectivity index (χ1) is 11.5. The van der Waals surface area contributed by atoms with E-state index >= 15 is 0 Å². The van der Waals surface area contributed by atoms with Crippen LogP contribution in [-0.4, -0.2) is 50.4 Å². The Balaban J connectivity index is 1.74. The minimum absolute atomic E-state index is 0.0351. The molecule has 5 nitrogen and oxygen atoms in total. The van der Waals surface area contributed by atoms with Crippen LogP contribution in [0.15, 0.2) is 36.9 Å². The molecule has 0 radical (unpaired) electrons. The van der Waals surface area contributed by atoms with E-state index in [4.69, 9.17) is 4.74 Å². The van der Waals surface area contributed by atoms with E-state index in [-0.39, 0.29) is 35.3 Å². The molecule has 1 heterocycles. The Hall–Kier alpha value is -1.82. The summed E-state index contributed by atoms with van der Waals surface area (Å²) < 4.78 is 28.9. The number of sulfone groups is 1. The quantitative estimate of drug-likeness (QED) is 0.737. The van der Waals surface area contributed by atoms with E-state index < -0.39 is 9.84 Å². The van der Waals surface area contributed by atoms with Crippen LogP contribution in [0.1, 0.15) is 24.3 Å². The van der Waals surface area contributed by atoms with E-state index in [1.807, 2.05) is 24.3 Å². The molecule has 2 aliphatic rings. The number of carbonyl (C=O) groups is 1. The molecule has 24 heavy (non-hydrogen) atoms. The highest BCUT2D eigenvalue weighted by molar-refractivity contribution is 7.91. The van der Waals surface area contributed by atoms with Crippen molar-refractivity contribution in [1.29, 1.82) is 0 Å². The smallest absolute Gasteiger partial charge is 0.226 e. The zero-order valence-electron chi connectivity index (χ0n) is 13.8. The third kappa shape index (κ3) is 3.34. The predicted molar refractivity (Wildman–Crippen MR) is 92.8 cm³/mol. The highest BCUT2D eigenvalue weighted by atomic mass is 32.2. The highest BCUT2D eigenvalue weighted by Crippen LogP contribution is 2.51. The number of amides is 1. The van der Waals surface area contributed by atoms with Gasteiger partial charge in [-0.15, -0.1) is 6.58 Å². The monoisotopic (exact) mass is 349 g/mol. The van der Waals surface area contributed by atoms with Crippen molar-refractivity contribution >= 4 is 15.7 Å². The average Bonchev–Trinajstić information content (AvgIpc) is 3.29. The van der Waals surface area contributed by atoms with Crippen molar-refractivity contribution in [3.8, 4) is 5.75 Å². The van der Waals surface area contributed by atoms with Crippen LogP contribution in [0.25, 0.3) is 0 Å². The molecule has 0 N–H and O–H groups in total. The summed E-state index contributed by atoms with van der Waals surface area (Å²) in [6, 6.07) is 7.53. The zero-order chi connectivity index (χ0) is 17.3. The molecule has 0 aromatic heterocycles. The van der Waals surface area contributed by atoms with Gasteiger partial charge in [0.25, 0.3) is 0 Å². The Morgan fingerprint density at radius 3 is 2.79 bits per heavy atom. The predicted octanol–water partition coefficient (Wildman–Crippen LogP) is 2.00. The average molecular weight is 349 g/mol. The second-order valence-corrected chi connectivity index (χ2v) is 8.76. The number of hydrogen-bond acceptors (Lipinski definition) is 4. The van der Waals surface area contributed by atoms with Crippen molar-refractivity contribution in [2.24, 2.45) is 5.92 Å². The van der Waals surface area contributed by atoms with E-state index in [9.17, 15) is 13.2 Å². The van der Waals surface area contributed by atoms with E-state index in [0.29, 0.717) is 13.0 Å². The molecule has 1 aliphatic heterocycles. The number of carbonyl (C=O) groups excluding carboxylic acids is 1. The number of hydrogen-bond donors (Lipinski definition) is 0. The van der Waals surface area contributed by atoms with Gasteiger partial charge in [0.05, 0.1) is 18.6 Å². The summed E-state index contributed by atoms with van der Waals surface area (Å²) in [5.74, 6) is 1.13. The van der Waals surface area contributed by atoms with Crippen molar-refractivity contribution in [2.45, 2.75) is 24.8 Å². The van der Waals surface area contributed by atoms with Crippen LogP contribution in [0.3, 0.4) is 0 Å². The third-order valence-electron chi connectivity index (χ3n) is 4.90. The SMILES string of the molecule is C=CCN(C(=O)[C@@H]1C[C@H]1c1ccccc1OC)[C@@H]1CCS(=O)(=O)C1. The first-order valence-corrected chi connectivity index (χ1v) is 10.0. The summed E-state index contributed by atoms with van der Waals surface area (Å²) in [5.41, 5.74) is 1.05. The molecular weight excluding hydrogens is 326 g/mol.